The summed E-state index contributed by atoms with van der Waals surface area (Å²) in [6.07, 6.45) is 2.95. The lowest BCUT2D eigenvalue weighted by molar-refractivity contribution is -0.123. The van der Waals surface area contributed by atoms with Crippen LogP contribution in [0.1, 0.15) is 28.6 Å². The number of esters is 1. The molecule has 1 aromatic heterocycles. The van der Waals surface area contributed by atoms with Crippen LogP contribution in [0.2, 0.25) is 5.02 Å². The van der Waals surface area contributed by atoms with Crippen molar-refractivity contribution in [3.63, 3.8) is 0 Å². The van der Waals surface area contributed by atoms with Crippen LogP contribution in [-0.2, 0) is 11.3 Å². The van der Waals surface area contributed by atoms with Crippen molar-refractivity contribution >= 4 is 46.6 Å². The maximum atomic E-state index is 13.0. The third-order valence-corrected chi connectivity index (χ3v) is 6.49. The number of fused-ring (bicyclic) bond motifs is 1. The molecule has 2 aliphatic heterocycles. The van der Waals surface area contributed by atoms with Gasteiger partial charge in [-0.1, -0.05) is 17.7 Å². The zero-order chi connectivity index (χ0) is 25.2. The second kappa shape index (κ2) is 10.00. The SMILES string of the molecule is CCOc1cc(/C=C2\SC(=O)N(Cc3cc4c(cc3Cl)OCO4)C2=O)ccc1OC(=O)c1ccco1. The van der Waals surface area contributed by atoms with Gasteiger partial charge in [0.15, 0.2) is 23.0 Å². The zero-order valence-corrected chi connectivity index (χ0v) is 20.4. The zero-order valence-electron chi connectivity index (χ0n) is 18.8. The number of thioether (sulfide) groups is 1. The molecule has 11 heteroatoms. The van der Waals surface area contributed by atoms with E-state index in [1.165, 1.54) is 12.3 Å². The van der Waals surface area contributed by atoms with Crippen molar-refractivity contribution < 1.29 is 37.7 Å². The highest BCUT2D eigenvalue weighted by Crippen LogP contribution is 2.40. The number of hydrogen-bond acceptors (Lipinski definition) is 9. The van der Waals surface area contributed by atoms with Gasteiger partial charge in [0.05, 0.1) is 24.3 Å². The quantitative estimate of drug-likeness (QED) is 0.223. The number of hydrogen-bond donors (Lipinski definition) is 0. The number of amides is 2. The van der Waals surface area contributed by atoms with Gasteiger partial charge in [-0.15, -0.1) is 0 Å². The van der Waals surface area contributed by atoms with Gasteiger partial charge < -0.3 is 23.4 Å². The van der Waals surface area contributed by atoms with Crippen LogP contribution in [0, 0.1) is 0 Å². The highest BCUT2D eigenvalue weighted by Gasteiger charge is 2.36. The van der Waals surface area contributed by atoms with E-state index < -0.39 is 17.1 Å². The van der Waals surface area contributed by atoms with Gasteiger partial charge in [-0.05, 0) is 66.2 Å². The predicted molar refractivity (Wildman–Crippen MR) is 130 cm³/mol. The smallest absolute Gasteiger partial charge is 0.379 e. The van der Waals surface area contributed by atoms with Crippen molar-refractivity contribution in [1.29, 1.82) is 0 Å². The molecule has 1 fully saturated rings. The Morgan fingerprint density at radius 3 is 2.69 bits per heavy atom. The number of carbonyl (C=O) groups excluding carboxylic acids is 3. The second-order valence-electron chi connectivity index (χ2n) is 7.57. The predicted octanol–water partition coefficient (Wildman–Crippen LogP) is 5.52. The molecule has 2 amide bonds. The number of benzene rings is 2. The summed E-state index contributed by atoms with van der Waals surface area (Å²) in [5, 5.41) is -0.0580. The molecule has 5 rings (SSSR count). The maximum absolute atomic E-state index is 13.0. The molecule has 0 N–H and O–H groups in total. The summed E-state index contributed by atoms with van der Waals surface area (Å²) >= 11 is 7.14. The molecule has 0 spiro atoms. The van der Waals surface area contributed by atoms with E-state index in [1.54, 1.807) is 49.4 Å². The molecule has 3 heterocycles. The minimum absolute atomic E-state index is 0.0106. The highest BCUT2D eigenvalue weighted by molar-refractivity contribution is 8.18. The van der Waals surface area contributed by atoms with Crippen LogP contribution in [0.5, 0.6) is 23.0 Å². The van der Waals surface area contributed by atoms with E-state index in [-0.39, 0.29) is 29.8 Å². The average molecular weight is 528 g/mol. The summed E-state index contributed by atoms with van der Waals surface area (Å²) in [5.74, 6) is 0.452. The van der Waals surface area contributed by atoms with Crippen molar-refractivity contribution in [2.45, 2.75) is 13.5 Å². The van der Waals surface area contributed by atoms with E-state index in [1.807, 2.05) is 0 Å². The van der Waals surface area contributed by atoms with Gasteiger partial charge in [0.2, 0.25) is 12.6 Å². The standard InChI is InChI=1S/C25H18ClNO8S/c1-2-31-19-8-14(5-6-17(19)35-24(29)18-4-3-7-32-18)9-22-23(28)27(25(30)36-22)12-15-10-20-21(11-16(15)26)34-13-33-20/h3-11H,2,12-13H2,1H3/b22-9-. The maximum Gasteiger partial charge on any atom is 0.379 e. The third-order valence-electron chi connectivity index (χ3n) is 5.23. The summed E-state index contributed by atoms with van der Waals surface area (Å²) < 4.78 is 26.7. The Kier molecular flexibility index (Phi) is 6.62. The molecule has 0 aliphatic carbocycles. The van der Waals surface area contributed by atoms with Gasteiger partial charge in [-0.2, -0.15) is 0 Å². The van der Waals surface area contributed by atoms with Crippen LogP contribution in [-0.4, -0.2) is 35.4 Å². The van der Waals surface area contributed by atoms with Crippen LogP contribution >= 0.6 is 23.4 Å². The molecule has 2 aromatic carbocycles. The first-order valence-corrected chi connectivity index (χ1v) is 12.0. The van der Waals surface area contributed by atoms with Crippen molar-refractivity contribution in [2.24, 2.45) is 0 Å². The summed E-state index contributed by atoms with van der Waals surface area (Å²) in [5.41, 5.74) is 1.15. The molecule has 36 heavy (non-hydrogen) atoms. The normalized spacial score (nSPS) is 15.6. The van der Waals surface area contributed by atoms with E-state index in [9.17, 15) is 14.4 Å². The lowest BCUT2D eigenvalue weighted by Crippen LogP contribution is -2.27. The number of imide groups is 1. The third kappa shape index (κ3) is 4.77. The fraction of sp³-hybridized carbons (Fsp3) is 0.160. The molecule has 0 atom stereocenters. The van der Waals surface area contributed by atoms with E-state index in [4.69, 9.17) is 35.0 Å². The first-order chi connectivity index (χ1) is 17.4. The molecule has 3 aromatic rings. The lowest BCUT2D eigenvalue weighted by Gasteiger charge is -2.14. The van der Waals surface area contributed by atoms with Crippen LogP contribution in [0.15, 0.2) is 58.1 Å². The van der Waals surface area contributed by atoms with Crippen LogP contribution in [0.25, 0.3) is 6.08 Å². The second-order valence-corrected chi connectivity index (χ2v) is 8.97. The van der Waals surface area contributed by atoms with Crippen molar-refractivity contribution in [3.05, 3.63) is 75.5 Å². The molecular weight excluding hydrogens is 510 g/mol. The fourth-order valence-corrected chi connectivity index (χ4v) is 4.60. The Balaban J connectivity index is 1.35. The summed E-state index contributed by atoms with van der Waals surface area (Å²) in [4.78, 5) is 39.3. The van der Waals surface area contributed by atoms with Crippen molar-refractivity contribution in [3.8, 4) is 23.0 Å². The Labute approximate surface area is 214 Å². The van der Waals surface area contributed by atoms with Crippen LogP contribution < -0.4 is 18.9 Å². The Morgan fingerprint density at radius 2 is 1.94 bits per heavy atom. The molecule has 0 saturated carbocycles. The van der Waals surface area contributed by atoms with E-state index >= 15 is 0 Å². The first kappa shape index (κ1) is 23.8. The topological polar surface area (TPSA) is 105 Å². The Bertz CT molecular complexity index is 1380. The van der Waals surface area contributed by atoms with Gasteiger partial charge >= 0.3 is 5.97 Å². The number of rotatable bonds is 7. The van der Waals surface area contributed by atoms with E-state index in [0.29, 0.717) is 40.0 Å². The lowest BCUT2D eigenvalue weighted by atomic mass is 10.1. The molecule has 2 aliphatic rings. The van der Waals surface area contributed by atoms with Crippen molar-refractivity contribution in [1.82, 2.24) is 4.90 Å². The minimum atomic E-state index is -0.669. The first-order valence-electron chi connectivity index (χ1n) is 10.8. The van der Waals surface area contributed by atoms with Crippen LogP contribution in [0.3, 0.4) is 0 Å². The Morgan fingerprint density at radius 1 is 1.14 bits per heavy atom. The number of nitrogens with zero attached hydrogens (tertiary/aromatic N) is 1. The summed E-state index contributed by atoms with van der Waals surface area (Å²) in [6.45, 7) is 2.19. The molecule has 9 nitrogen and oxygen atoms in total. The number of halogens is 1. The fourth-order valence-electron chi connectivity index (χ4n) is 3.55. The molecular formula is C25H18ClNO8S. The molecule has 184 valence electrons. The van der Waals surface area contributed by atoms with Gasteiger partial charge in [0.1, 0.15) is 0 Å². The van der Waals surface area contributed by atoms with Crippen LogP contribution in [0.4, 0.5) is 4.79 Å². The molecule has 0 radical (unpaired) electrons. The van der Waals surface area contributed by atoms with Gasteiger partial charge in [-0.3, -0.25) is 14.5 Å². The molecule has 1 saturated heterocycles. The summed E-state index contributed by atoms with van der Waals surface area (Å²) in [6, 6.07) is 11.2. The summed E-state index contributed by atoms with van der Waals surface area (Å²) in [7, 11) is 0. The van der Waals surface area contributed by atoms with E-state index in [0.717, 1.165) is 16.7 Å². The minimum Gasteiger partial charge on any atom is -0.490 e. The number of ether oxygens (including phenoxy) is 4. The number of furan rings is 1. The van der Waals surface area contributed by atoms with Gasteiger partial charge in [0.25, 0.3) is 11.1 Å². The Hall–Kier alpha value is -3.89. The van der Waals surface area contributed by atoms with Gasteiger partial charge in [-0.25, -0.2) is 4.79 Å². The van der Waals surface area contributed by atoms with E-state index in [2.05, 4.69) is 0 Å². The largest absolute Gasteiger partial charge is 0.490 e. The van der Waals surface area contributed by atoms with Crippen molar-refractivity contribution in [2.75, 3.05) is 13.4 Å². The average Bonchev–Trinajstić information content (AvgIpc) is 3.60. The molecule has 0 bridgehead atoms. The highest BCUT2D eigenvalue weighted by atomic mass is 35.5. The monoisotopic (exact) mass is 527 g/mol. The molecule has 0 unspecified atom stereocenters. The van der Waals surface area contributed by atoms with Gasteiger partial charge in [0, 0.05) is 11.1 Å². The number of carbonyl (C=O) groups is 3.